The average molecular weight is 461 g/mol. The van der Waals surface area contributed by atoms with Crippen LogP contribution in [0.5, 0.6) is 17.2 Å². The fourth-order valence-electron chi connectivity index (χ4n) is 3.63. The first-order chi connectivity index (χ1) is 16.7. The molecule has 0 aliphatic rings. The molecule has 0 aliphatic heterocycles. The highest BCUT2D eigenvalue weighted by molar-refractivity contribution is 5.79. The predicted molar refractivity (Wildman–Crippen MR) is 132 cm³/mol. The number of ether oxygens (including phenoxy) is 4. The van der Waals surface area contributed by atoms with Crippen LogP contribution in [0.25, 0.3) is 22.3 Å². The van der Waals surface area contributed by atoms with Gasteiger partial charge in [-0.2, -0.15) is 0 Å². The van der Waals surface area contributed by atoms with Gasteiger partial charge in [0, 0.05) is 11.6 Å². The molecule has 0 saturated carbocycles. The highest BCUT2D eigenvalue weighted by atomic mass is 16.5. The molecule has 0 saturated heterocycles. The van der Waals surface area contributed by atoms with Gasteiger partial charge in [-0.25, -0.2) is 4.98 Å². The van der Waals surface area contributed by atoms with Gasteiger partial charge < -0.3 is 18.9 Å². The van der Waals surface area contributed by atoms with E-state index in [2.05, 4.69) is 0 Å². The van der Waals surface area contributed by atoms with Gasteiger partial charge in [0.05, 0.1) is 44.4 Å². The van der Waals surface area contributed by atoms with Crippen molar-refractivity contribution in [3.05, 3.63) is 83.2 Å². The molecule has 3 aromatic carbocycles. The van der Waals surface area contributed by atoms with Crippen LogP contribution in [-0.4, -0.2) is 43.1 Å². The van der Waals surface area contributed by atoms with Crippen molar-refractivity contribution in [1.82, 2.24) is 9.55 Å². The average Bonchev–Trinajstić information content (AvgIpc) is 2.87. The lowest BCUT2D eigenvalue weighted by atomic mass is 10.1. The van der Waals surface area contributed by atoms with E-state index in [9.17, 15) is 4.79 Å². The lowest BCUT2D eigenvalue weighted by Crippen LogP contribution is -2.26. The third-order valence-corrected chi connectivity index (χ3v) is 5.28. The molecule has 7 nitrogen and oxygen atoms in total. The molecule has 1 heterocycles. The Balaban J connectivity index is 1.43. The zero-order valence-corrected chi connectivity index (χ0v) is 19.4. The van der Waals surface area contributed by atoms with Gasteiger partial charge in [-0.05, 0) is 55.5 Å². The van der Waals surface area contributed by atoms with Crippen LogP contribution >= 0.6 is 0 Å². The summed E-state index contributed by atoms with van der Waals surface area (Å²) in [5.74, 6) is 2.84. The maximum absolute atomic E-state index is 13.2. The molecule has 0 radical (unpaired) electrons. The quantitative estimate of drug-likeness (QED) is 0.306. The number of benzene rings is 3. The second kappa shape index (κ2) is 11.3. The highest BCUT2D eigenvalue weighted by Crippen LogP contribution is 2.22. The zero-order valence-electron chi connectivity index (χ0n) is 19.4. The topological polar surface area (TPSA) is 71.8 Å². The number of rotatable bonds is 11. The fourth-order valence-corrected chi connectivity index (χ4v) is 3.63. The number of aromatic nitrogens is 2. The smallest absolute Gasteiger partial charge is 0.261 e. The van der Waals surface area contributed by atoms with E-state index in [1.54, 1.807) is 17.7 Å². The number of hydrogen-bond acceptors (Lipinski definition) is 6. The van der Waals surface area contributed by atoms with Gasteiger partial charge in [0.2, 0.25) is 0 Å². The summed E-state index contributed by atoms with van der Waals surface area (Å²) in [6.07, 6.45) is 0. The van der Waals surface area contributed by atoms with Crippen molar-refractivity contribution in [3.8, 4) is 28.6 Å². The van der Waals surface area contributed by atoms with Crippen molar-refractivity contribution in [2.75, 3.05) is 33.5 Å². The summed E-state index contributed by atoms with van der Waals surface area (Å²) in [6.45, 7) is 4.06. The Hall–Kier alpha value is -3.84. The highest BCUT2D eigenvalue weighted by Gasteiger charge is 2.13. The Morgan fingerprint density at radius 1 is 0.824 bits per heavy atom. The van der Waals surface area contributed by atoms with Gasteiger partial charge in [0.1, 0.15) is 29.7 Å². The monoisotopic (exact) mass is 460 g/mol. The van der Waals surface area contributed by atoms with Gasteiger partial charge in [0.15, 0.2) is 0 Å². The van der Waals surface area contributed by atoms with E-state index >= 15 is 0 Å². The molecule has 0 amide bonds. The van der Waals surface area contributed by atoms with Gasteiger partial charge in [-0.3, -0.25) is 9.36 Å². The maximum Gasteiger partial charge on any atom is 0.261 e. The zero-order chi connectivity index (χ0) is 23.8. The van der Waals surface area contributed by atoms with E-state index in [1.165, 1.54) is 0 Å². The van der Waals surface area contributed by atoms with E-state index in [0.717, 1.165) is 22.8 Å². The lowest BCUT2D eigenvalue weighted by Gasteiger charge is -2.14. The third kappa shape index (κ3) is 5.55. The molecule has 34 heavy (non-hydrogen) atoms. The minimum Gasteiger partial charge on any atom is -0.497 e. The van der Waals surface area contributed by atoms with E-state index in [4.69, 9.17) is 23.9 Å². The molecule has 0 aliphatic carbocycles. The first-order valence-electron chi connectivity index (χ1n) is 11.3. The SMILES string of the molecule is CCOc1cccc(OCCOCCn2c(-c3ccc(OC)cc3)nc3ccccc3c2=O)c1. The van der Waals surface area contributed by atoms with E-state index in [-0.39, 0.29) is 5.56 Å². The summed E-state index contributed by atoms with van der Waals surface area (Å²) >= 11 is 0. The number of nitrogens with zero attached hydrogens (tertiary/aromatic N) is 2. The van der Waals surface area contributed by atoms with Gasteiger partial charge in [-0.15, -0.1) is 0 Å². The Bertz CT molecular complexity index is 1280. The molecule has 4 rings (SSSR count). The summed E-state index contributed by atoms with van der Waals surface area (Å²) in [5, 5.41) is 0.581. The van der Waals surface area contributed by atoms with Gasteiger partial charge in [0.25, 0.3) is 5.56 Å². The van der Waals surface area contributed by atoms with E-state index in [0.29, 0.717) is 49.7 Å². The molecular weight excluding hydrogens is 432 g/mol. The number of hydrogen-bond donors (Lipinski definition) is 0. The van der Waals surface area contributed by atoms with Crippen molar-refractivity contribution in [2.24, 2.45) is 0 Å². The minimum absolute atomic E-state index is 0.0935. The second-order valence-electron chi connectivity index (χ2n) is 7.51. The summed E-state index contributed by atoms with van der Waals surface area (Å²) in [7, 11) is 1.62. The van der Waals surface area contributed by atoms with Crippen molar-refractivity contribution in [1.29, 1.82) is 0 Å². The molecule has 0 atom stereocenters. The molecule has 0 bridgehead atoms. The molecular formula is C27H28N2O5. The van der Waals surface area contributed by atoms with Crippen LogP contribution in [0.2, 0.25) is 0 Å². The van der Waals surface area contributed by atoms with Gasteiger partial charge >= 0.3 is 0 Å². The van der Waals surface area contributed by atoms with Crippen LogP contribution in [0.1, 0.15) is 6.92 Å². The first-order valence-corrected chi connectivity index (χ1v) is 11.3. The molecule has 0 unspecified atom stereocenters. The standard InChI is InChI=1S/C27H28N2O5/c1-3-33-22-7-6-8-23(19-22)34-18-17-32-16-15-29-26(20-11-13-21(31-2)14-12-20)28-25-10-5-4-9-24(25)27(29)30/h4-14,19H,3,15-18H2,1-2H3. The normalized spacial score (nSPS) is 10.9. The third-order valence-electron chi connectivity index (χ3n) is 5.28. The number of methoxy groups -OCH3 is 1. The van der Waals surface area contributed by atoms with E-state index < -0.39 is 0 Å². The van der Waals surface area contributed by atoms with Crippen LogP contribution < -0.4 is 19.8 Å². The summed E-state index contributed by atoms with van der Waals surface area (Å²) in [4.78, 5) is 18.0. The Kier molecular flexibility index (Phi) is 7.78. The van der Waals surface area contributed by atoms with Crippen LogP contribution in [0.15, 0.2) is 77.6 Å². The van der Waals surface area contributed by atoms with Gasteiger partial charge in [-0.1, -0.05) is 18.2 Å². The number of para-hydroxylation sites is 1. The van der Waals surface area contributed by atoms with Crippen LogP contribution in [-0.2, 0) is 11.3 Å². The van der Waals surface area contributed by atoms with Crippen molar-refractivity contribution in [2.45, 2.75) is 13.5 Å². The molecule has 0 spiro atoms. The summed E-state index contributed by atoms with van der Waals surface area (Å²) in [6, 6.07) is 22.4. The summed E-state index contributed by atoms with van der Waals surface area (Å²) < 4.78 is 23.9. The van der Waals surface area contributed by atoms with E-state index in [1.807, 2.05) is 73.7 Å². The number of fused-ring (bicyclic) bond motifs is 1. The van der Waals surface area contributed by atoms with Crippen molar-refractivity contribution in [3.63, 3.8) is 0 Å². The van der Waals surface area contributed by atoms with Crippen LogP contribution in [0.3, 0.4) is 0 Å². The Morgan fingerprint density at radius 2 is 1.59 bits per heavy atom. The molecule has 4 aromatic rings. The predicted octanol–water partition coefficient (Wildman–Crippen LogP) is 4.57. The fraction of sp³-hybridized carbons (Fsp3) is 0.259. The molecule has 0 N–H and O–H groups in total. The van der Waals surface area contributed by atoms with Crippen molar-refractivity contribution >= 4 is 10.9 Å². The van der Waals surface area contributed by atoms with Crippen LogP contribution in [0, 0.1) is 0 Å². The molecule has 1 aromatic heterocycles. The molecule has 176 valence electrons. The lowest BCUT2D eigenvalue weighted by molar-refractivity contribution is 0.0939. The molecule has 7 heteroatoms. The second-order valence-corrected chi connectivity index (χ2v) is 7.51. The minimum atomic E-state index is -0.0935. The maximum atomic E-state index is 13.2. The molecule has 0 fully saturated rings. The van der Waals surface area contributed by atoms with Crippen LogP contribution in [0.4, 0.5) is 0 Å². The van der Waals surface area contributed by atoms with Crippen molar-refractivity contribution < 1.29 is 18.9 Å². The Labute approximate surface area is 198 Å². The Morgan fingerprint density at radius 3 is 2.35 bits per heavy atom. The largest absolute Gasteiger partial charge is 0.497 e. The summed E-state index contributed by atoms with van der Waals surface area (Å²) in [5.41, 5.74) is 1.41. The first kappa shape index (κ1) is 23.3.